The topological polar surface area (TPSA) is 52.3 Å². The number of hydrogen-bond donors (Lipinski definition) is 1. The summed E-state index contributed by atoms with van der Waals surface area (Å²) in [6.45, 7) is 0. The molecule has 0 aliphatic rings. The Balaban J connectivity index is 2.28. The van der Waals surface area contributed by atoms with Crippen LogP contribution in [0.15, 0.2) is 41.3 Å². The molecule has 106 valence electrons. The molecule has 2 N–H and O–H groups in total. The summed E-state index contributed by atoms with van der Waals surface area (Å²) >= 11 is 0. The molecule has 0 saturated carbocycles. The van der Waals surface area contributed by atoms with E-state index in [2.05, 4.69) is 0 Å². The summed E-state index contributed by atoms with van der Waals surface area (Å²) in [5.41, 5.74) is 5.96. The van der Waals surface area contributed by atoms with Gasteiger partial charge in [0.2, 0.25) is 0 Å². The van der Waals surface area contributed by atoms with E-state index in [4.69, 9.17) is 10.5 Å². The number of ether oxygens (including phenoxy) is 1. The second kappa shape index (κ2) is 6.00. The highest BCUT2D eigenvalue weighted by molar-refractivity contribution is 7.84. The summed E-state index contributed by atoms with van der Waals surface area (Å²) in [6.07, 6.45) is 0. The fourth-order valence-corrected chi connectivity index (χ4v) is 2.97. The van der Waals surface area contributed by atoms with E-state index in [1.54, 1.807) is 6.07 Å². The molecule has 3 nitrogen and oxygen atoms in total. The zero-order chi connectivity index (χ0) is 14.7. The normalized spacial score (nSPS) is 12.2. The van der Waals surface area contributed by atoms with Crippen LogP contribution >= 0.6 is 0 Å². The van der Waals surface area contributed by atoms with Gasteiger partial charge in [0.1, 0.15) is 5.82 Å². The molecule has 2 rings (SSSR count). The lowest BCUT2D eigenvalue weighted by atomic mass is 10.2. The van der Waals surface area contributed by atoms with Gasteiger partial charge < -0.3 is 10.5 Å². The predicted molar refractivity (Wildman–Crippen MR) is 73.9 cm³/mol. The second-order valence-corrected chi connectivity index (χ2v) is 5.52. The van der Waals surface area contributed by atoms with E-state index in [0.717, 1.165) is 6.07 Å². The fraction of sp³-hybridized carbons (Fsp3) is 0.143. The van der Waals surface area contributed by atoms with Crippen molar-refractivity contribution in [1.29, 1.82) is 0 Å². The van der Waals surface area contributed by atoms with E-state index >= 15 is 0 Å². The molecular formula is C14H13F2NO2S. The van der Waals surface area contributed by atoms with Gasteiger partial charge in [0, 0.05) is 5.56 Å². The number of hydrogen-bond acceptors (Lipinski definition) is 3. The maximum atomic E-state index is 14.0. The number of benzene rings is 2. The van der Waals surface area contributed by atoms with E-state index in [1.807, 2.05) is 0 Å². The van der Waals surface area contributed by atoms with Crippen molar-refractivity contribution in [1.82, 2.24) is 0 Å². The summed E-state index contributed by atoms with van der Waals surface area (Å²) < 4.78 is 44.0. The molecule has 2 aromatic carbocycles. The lowest BCUT2D eigenvalue weighted by molar-refractivity contribution is 0.385. The van der Waals surface area contributed by atoms with Crippen molar-refractivity contribution < 1.29 is 17.7 Å². The van der Waals surface area contributed by atoms with Crippen LogP contribution in [0.1, 0.15) is 5.56 Å². The third kappa shape index (κ3) is 2.96. The average molecular weight is 297 g/mol. The number of methoxy groups -OCH3 is 1. The summed E-state index contributed by atoms with van der Waals surface area (Å²) in [5, 5.41) is 0. The highest BCUT2D eigenvalue weighted by atomic mass is 32.2. The van der Waals surface area contributed by atoms with Gasteiger partial charge in [-0.2, -0.15) is 0 Å². The van der Waals surface area contributed by atoms with E-state index < -0.39 is 22.4 Å². The third-order valence-electron chi connectivity index (χ3n) is 2.77. The molecule has 0 saturated heterocycles. The zero-order valence-electron chi connectivity index (χ0n) is 10.7. The molecule has 1 unspecified atom stereocenters. The van der Waals surface area contributed by atoms with Crippen LogP contribution < -0.4 is 10.5 Å². The van der Waals surface area contributed by atoms with Crippen LogP contribution in [0.5, 0.6) is 5.75 Å². The summed E-state index contributed by atoms with van der Waals surface area (Å²) in [7, 11) is -0.204. The molecule has 0 bridgehead atoms. The summed E-state index contributed by atoms with van der Waals surface area (Å²) in [5.74, 6) is -1.02. The van der Waals surface area contributed by atoms with Gasteiger partial charge in [0.05, 0.1) is 34.2 Å². The molecule has 6 heteroatoms. The van der Waals surface area contributed by atoms with Crippen molar-refractivity contribution in [3.05, 3.63) is 53.6 Å². The van der Waals surface area contributed by atoms with Crippen LogP contribution in [0.25, 0.3) is 0 Å². The molecule has 0 aromatic heterocycles. The Morgan fingerprint density at radius 3 is 2.65 bits per heavy atom. The molecule has 20 heavy (non-hydrogen) atoms. The molecule has 0 aliphatic heterocycles. The molecule has 1 atom stereocenters. The lowest BCUT2D eigenvalue weighted by Crippen LogP contribution is -2.03. The standard InChI is InChI=1S/C14H13F2NO2S/c1-19-12-4-2-3-9(14(12)16)8-20(18)13-6-5-10(15)7-11(13)17/h2-7H,8,17H2,1H3. The number of halogens is 2. The maximum Gasteiger partial charge on any atom is 0.169 e. The van der Waals surface area contributed by atoms with Crippen molar-refractivity contribution in [2.45, 2.75) is 10.6 Å². The third-order valence-corrected chi connectivity index (χ3v) is 4.20. The molecule has 0 radical (unpaired) electrons. The Morgan fingerprint density at radius 1 is 1.25 bits per heavy atom. The SMILES string of the molecule is COc1cccc(CS(=O)c2ccc(F)cc2N)c1F. The fourth-order valence-electron chi connectivity index (χ4n) is 1.77. The lowest BCUT2D eigenvalue weighted by Gasteiger charge is -2.09. The van der Waals surface area contributed by atoms with Crippen LogP contribution in [0.3, 0.4) is 0 Å². The van der Waals surface area contributed by atoms with E-state index in [-0.39, 0.29) is 27.6 Å². The Bertz CT molecular complexity index is 662. The van der Waals surface area contributed by atoms with Gasteiger partial charge in [-0.05, 0) is 24.3 Å². The largest absolute Gasteiger partial charge is 0.494 e. The molecule has 0 aliphatic carbocycles. The zero-order valence-corrected chi connectivity index (χ0v) is 11.5. The maximum absolute atomic E-state index is 14.0. The minimum absolute atomic E-state index is 0.0567. The predicted octanol–water partition coefficient (Wildman–Crippen LogP) is 2.86. The first kappa shape index (κ1) is 14.5. The first-order chi connectivity index (χ1) is 9.52. The first-order valence-corrected chi connectivity index (χ1v) is 7.09. The molecule has 0 heterocycles. The van der Waals surface area contributed by atoms with Crippen molar-refractivity contribution >= 4 is 16.5 Å². The van der Waals surface area contributed by atoms with Gasteiger partial charge in [0.15, 0.2) is 11.6 Å². The number of nitrogen functional groups attached to an aromatic ring is 1. The van der Waals surface area contributed by atoms with Gasteiger partial charge in [-0.3, -0.25) is 4.21 Å². The van der Waals surface area contributed by atoms with E-state index in [1.165, 1.54) is 31.4 Å². The summed E-state index contributed by atoms with van der Waals surface area (Å²) in [4.78, 5) is 0.286. The van der Waals surface area contributed by atoms with Crippen LogP contribution in [-0.4, -0.2) is 11.3 Å². The first-order valence-electron chi connectivity index (χ1n) is 5.77. The van der Waals surface area contributed by atoms with E-state index in [0.29, 0.717) is 0 Å². The molecule has 0 fully saturated rings. The smallest absolute Gasteiger partial charge is 0.169 e. The monoisotopic (exact) mass is 297 g/mol. The van der Waals surface area contributed by atoms with Crippen molar-refractivity contribution in [2.75, 3.05) is 12.8 Å². The Morgan fingerprint density at radius 2 is 2.00 bits per heavy atom. The van der Waals surface area contributed by atoms with Gasteiger partial charge in [-0.25, -0.2) is 8.78 Å². The van der Waals surface area contributed by atoms with Crippen LogP contribution in [-0.2, 0) is 16.6 Å². The minimum atomic E-state index is -1.56. The quantitative estimate of drug-likeness (QED) is 0.883. The van der Waals surface area contributed by atoms with Gasteiger partial charge in [-0.15, -0.1) is 0 Å². The Labute approximate surface area is 117 Å². The molecular weight excluding hydrogens is 284 g/mol. The van der Waals surface area contributed by atoms with Crippen molar-refractivity contribution in [2.24, 2.45) is 0 Å². The van der Waals surface area contributed by atoms with Crippen molar-refractivity contribution in [3.63, 3.8) is 0 Å². The molecule has 2 aromatic rings. The van der Waals surface area contributed by atoms with Gasteiger partial charge >= 0.3 is 0 Å². The van der Waals surface area contributed by atoms with Crippen LogP contribution in [0, 0.1) is 11.6 Å². The Kier molecular flexibility index (Phi) is 4.34. The molecule has 0 amide bonds. The Hall–Kier alpha value is -1.95. The number of nitrogens with two attached hydrogens (primary N) is 1. The van der Waals surface area contributed by atoms with Gasteiger partial charge in [0.25, 0.3) is 0 Å². The average Bonchev–Trinajstić information content (AvgIpc) is 2.41. The second-order valence-electron chi connectivity index (χ2n) is 4.11. The summed E-state index contributed by atoms with van der Waals surface area (Å²) in [6, 6.07) is 8.23. The highest BCUT2D eigenvalue weighted by Gasteiger charge is 2.14. The van der Waals surface area contributed by atoms with E-state index in [9.17, 15) is 13.0 Å². The van der Waals surface area contributed by atoms with Crippen molar-refractivity contribution in [3.8, 4) is 5.75 Å². The number of anilines is 1. The van der Waals surface area contributed by atoms with Crippen LogP contribution in [0.2, 0.25) is 0 Å². The molecule has 0 spiro atoms. The van der Waals surface area contributed by atoms with Gasteiger partial charge in [-0.1, -0.05) is 12.1 Å². The number of rotatable bonds is 4. The minimum Gasteiger partial charge on any atom is -0.494 e. The highest BCUT2D eigenvalue weighted by Crippen LogP contribution is 2.24. The van der Waals surface area contributed by atoms with Crippen LogP contribution in [0.4, 0.5) is 14.5 Å².